The van der Waals surface area contributed by atoms with Gasteiger partial charge in [0.2, 0.25) is 0 Å². The van der Waals surface area contributed by atoms with Crippen molar-refractivity contribution in [3.63, 3.8) is 0 Å². The number of nitrogens with one attached hydrogen (secondary N) is 2. The van der Waals surface area contributed by atoms with Crippen molar-refractivity contribution in [2.45, 2.75) is 4.90 Å². The van der Waals surface area contributed by atoms with Crippen LogP contribution in [0.5, 0.6) is 0 Å². The Kier molecular flexibility index (Phi) is 4.65. The average Bonchev–Trinajstić information content (AvgIpc) is 2.47. The van der Waals surface area contributed by atoms with Gasteiger partial charge in [-0.3, -0.25) is 0 Å². The Bertz CT molecular complexity index is 860. The minimum absolute atomic E-state index is 0.000208. The molecule has 0 saturated heterocycles. The third-order valence-corrected chi connectivity index (χ3v) is 4.48. The van der Waals surface area contributed by atoms with Gasteiger partial charge in [0.05, 0.1) is 16.3 Å². The van der Waals surface area contributed by atoms with Crippen molar-refractivity contribution >= 4 is 33.3 Å². The Labute approximate surface area is 132 Å². The van der Waals surface area contributed by atoms with Crippen LogP contribution in [0.3, 0.4) is 0 Å². The molecule has 0 bridgehead atoms. The number of urea groups is 1. The number of rotatable bonds is 3. The molecule has 2 N–H and O–H groups in total. The fourth-order valence-electron chi connectivity index (χ4n) is 1.68. The molecule has 0 aliphatic heterocycles. The van der Waals surface area contributed by atoms with Crippen LogP contribution in [0.15, 0.2) is 53.4 Å². The van der Waals surface area contributed by atoms with Crippen molar-refractivity contribution in [2.24, 2.45) is 0 Å². The molecule has 0 aliphatic carbocycles. The van der Waals surface area contributed by atoms with E-state index in [0.29, 0.717) is 0 Å². The van der Waals surface area contributed by atoms with E-state index < -0.39 is 16.1 Å². The number of nitrogens with zero attached hydrogens (tertiary/aromatic N) is 1. The molecule has 0 saturated carbocycles. The first-order chi connectivity index (χ1) is 10.4. The molecule has 2 rings (SSSR count). The molecule has 0 heterocycles. The fraction of sp³-hybridized carbons (Fsp3) is 0. The van der Waals surface area contributed by atoms with Crippen molar-refractivity contribution in [2.75, 3.05) is 5.32 Å². The zero-order chi connectivity index (χ0) is 16.2. The molecule has 22 heavy (non-hydrogen) atoms. The summed E-state index contributed by atoms with van der Waals surface area (Å²) in [6.07, 6.45) is 0. The highest BCUT2D eigenvalue weighted by molar-refractivity contribution is 7.90. The summed E-state index contributed by atoms with van der Waals surface area (Å²) in [5, 5.41) is 11.2. The zero-order valence-electron chi connectivity index (χ0n) is 11.1. The van der Waals surface area contributed by atoms with Crippen LogP contribution < -0.4 is 10.0 Å². The van der Waals surface area contributed by atoms with Crippen molar-refractivity contribution in [3.05, 3.63) is 59.1 Å². The zero-order valence-corrected chi connectivity index (χ0v) is 12.6. The number of halogens is 1. The van der Waals surface area contributed by atoms with E-state index in [2.05, 4.69) is 5.32 Å². The second-order valence-corrected chi connectivity index (χ2v) is 6.21. The van der Waals surface area contributed by atoms with E-state index in [4.69, 9.17) is 16.9 Å². The molecule has 6 nitrogen and oxygen atoms in total. The predicted molar refractivity (Wildman–Crippen MR) is 81.9 cm³/mol. The maximum Gasteiger partial charge on any atom is 0.333 e. The van der Waals surface area contributed by atoms with E-state index >= 15 is 0 Å². The van der Waals surface area contributed by atoms with Gasteiger partial charge in [-0.1, -0.05) is 35.9 Å². The number of nitriles is 1. The summed E-state index contributed by atoms with van der Waals surface area (Å²) in [7, 11) is -4.11. The van der Waals surface area contributed by atoms with Gasteiger partial charge in [-0.15, -0.1) is 0 Å². The molecule has 0 radical (unpaired) electrons. The lowest BCUT2D eigenvalue weighted by Crippen LogP contribution is -2.34. The van der Waals surface area contributed by atoms with Crippen molar-refractivity contribution in [1.82, 2.24) is 4.72 Å². The van der Waals surface area contributed by atoms with Crippen LogP contribution in [0, 0.1) is 11.3 Å². The SMILES string of the molecule is N#Cc1ccccc1NC(=O)NS(=O)(=O)c1ccccc1Cl. The molecule has 2 aromatic rings. The van der Waals surface area contributed by atoms with Crippen molar-refractivity contribution < 1.29 is 13.2 Å². The smallest absolute Gasteiger partial charge is 0.306 e. The number of anilines is 1. The summed E-state index contributed by atoms with van der Waals surface area (Å²) < 4.78 is 26.0. The molecule has 112 valence electrons. The van der Waals surface area contributed by atoms with Gasteiger partial charge in [-0.25, -0.2) is 17.9 Å². The van der Waals surface area contributed by atoms with Crippen LogP contribution in [-0.4, -0.2) is 14.4 Å². The molecular formula is C14H10ClN3O3S. The van der Waals surface area contributed by atoms with Crippen LogP contribution in [0.2, 0.25) is 5.02 Å². The quantitative estimate of drug-likeness (QED) is 0.900. The summed E-state index contributed by atoms with van der Waals surface area (Å²) in [4.78, 5) is 11.6. The van der Waals surface area contributed by atoms with Gasteiger partial charge in [0.1, 0.15) is 11.0 Å². The normalized spacial score (nSPS) is 10.5. The van der Waals surface area contributed by atoms with E-state index in [1.54, 1.807) is 18.2 Å². The number of para-hydroxylation sites is 1. The standard InChI is InChI=1S/C14H10ClN3O3S/c15-11-6-2-4-8-13(11)22(20,21)18-14(19)17-12-7-3-1-5-10(12)9-16/h1-8H,(H2,17,18,19). The van der Waals surface area contributed by atoms with E-state index in [0.717, 1.165) is 0 Å². The number of carbonyl (C=O) groups is 1. The Morgan fingerprint density at radius 2 is 1.73 bits per heavy atom. The largest absolute Gasteiger partial charge is 0.333 e. The number of hydrogen-bond acceptors (Lipinski definition) is 4. The lowest BCUT2D eigenvalue weighted by Gasteiger charge is -2.10. The average molecular weight is 336 g/mol. The first-order valence-electron chi connectivity index (χ1n) is 6.01. The molecular weight excluding hydrogens is 326 g/mol. The highest BCUT2D eigenvalue weighted by atomic mass is 35.5. The van der Waals surface area contributed by atoms with E-state index in [1.807, 2.05) is 10.8 Å². The molecule has 0 aliphatic rings. The second kappa shape index (κ2) is 6.47. The fourth-order valence-corrected chi connectivity index (χ4v) is 3.11. The third-order valence-electron chi connectivity index (χ3n) is 2.65. The van der Waals surface area contributed by atoms with Gasteiger partial charge in [-0.2, -0.15) is 5.26 Å². The summed E-state index contributed by atoms with van der Waals surface area (Å²) in [5.74, 6) is 0. The van der Waals surface area contributed by atoms with Gasteiger partial charge in [0, 0.05) is 0 Å². The van der Waals surface area contributed by atoms with Gasteiger partial charge in [0.15, 0.2) is 0 Å². The van der Waals surface area contributed by atoms with Gasteiger partial charge >= 0.3 is 6.03 Å². The molecule has 8 heteroatoms. The molecule has 2 amide bonds. The minimum Gasteiger partial charge on any atom is -0.306 e. The highest BCUT2D eigenvalue weighted by Gasteiger charge is 2.20. The van der Waals surface area contributed by atoms with Crippen LogP contribution in [0.25, 0.3) is 0 Å². The lowest BCUT2D eigenvalue weighted by atomic mass is 10.2. The van der Waals surface area contributed by atoms with Crippen LogP contribution >= 0.6 is 11.6 Å². The Morgan fingerprint density at radius 1 is 1.09 bits per heavy atom. The number of hydrogen-bond donors (Lipinski definition) is 2. The molecule has 0 fully saturated rings. The second-order valence-electron chi connectivity index (χ2n) is 4.15. The van der Waals surface area contributed by atoms with E-state index in [-0.39, 0.29) is 21.2 Å². The van der Waals surface area contributed by atoms with E-state index in [9.17, 15) is 13.2 Å². The Morgan fingerprint density at radius 3 is 2.41 bits per heavy atom. The van der Waals surface area contributed by atoms with Crippen LogP contribution in [0.4, 0.5) is 10.5 Å². The number of amides is 2. The number of benzene rings is 2. The lowest BCUT2D eigenvalue weighted by molar-refractivity contribution is 0.256. The molecule has 0 unspecified atom stereocenters. The molecule has 0 aromatic heterocycles. The predicted octanol–water partition coefficient (Wildman–Crippen LogP) is 2.72. The first kappa shape index (κ1) is 15.8. The van der Waals surface area contributed by atoms with Crippen LogP contribution in [0.1, 0.15) is 5.56 Å². The minimum atomic E-state index is -4.11. The summed E-state index contributed by atoms with van der Waals surface area (Å²) >= 11 is 5.81. The first-order valence-corrected chi connectivity index (χ1v) is 7.87. The van der Waals surface area contributed by atoms with Gasteiger partial charge < -0.3 is 5.32 Å². The van der Waals surface area contributed by atoms with Crippen LogP contribution in [-0.2, 0) is 10.0 Å². The van der Waals surface area contributed by atoms with Crippen molar-refractivity contribution in [1.29, 1.82) is 5.26 Å². The summed E-state index contributed by atoms with van der Waals surface area (Å²) in [6.45, 7) is 0. The molecule has 0 spiro atoms. The van der Waals surface area contributed by atoms with Gasteiger partial charge in [-0.05, 0) is 24.3 Å². The molecule has 0 atom stereocenters. The number of carbonyl (C=O) groups excluding carboxylic acids is 1. The topological polar surface area (TPSA) is 99.1 Å². The van der Waals surface area contributed by atoms with E-state index in [1.165, 1.54) is 30.3 Å². The highest BCUT2D eigenvalue weighted by Crippen LogP contribution is 2.20. The maximum atomic E-state index is 12.1. The Balaban J connectivity index is 2.19. The van der Waals surface area contributed by atoms with Crippen molar-refractivity contribution in [3.8, 4) is 6.07 Å². The Hall–Kier alpha value is -2.56. The van der Waals surface area contributed by atoms with Gasteiger partial charge in [0.25, 0.3) is 10.0 Å². The maximum absolute atomic E-state index is 12.1. The third kappa shape index (κ3) is 3.55. The summed E-state index contributed by atoms with van der Waals surface area (Å²) in [6, 6.07) is 12.9. The summed E-state index contributed by atoms with van der Waals surface area (Å²) in [5.41, 5.74) is 0.421. The number of sulfonamides is 1. The molecule has 2 aromatic carbocycles. The monoisotopic (exact) mass is 335 g/mol.